The molecule has 0 spiro atoms. The monoisotopic (exact) mass is 357 g/mol. The maximum atomic E-state index is 11.9. The molecule has 0 bridgehead atoms. The van der Waals surface area contributed by atoms with Crippen molar-refractivity contribution >= 4 is 11.9 Å². The fourth-order valence-electron chi connectivity index (χ4n) is 2.29. The smallest absolute Gasteiger partial charge is 0.336 e. The number of esters is 1. The molecule has 0 saturated heterocycles. The fraction of sp³-hybridized carbons (Fsp3) is 0.300. The van der Waals surface area contributed by atoms with Gasteiger partial charge in [0.25, 0.3) is 0 Å². The first-order valence-corrected chi connectivity index (χ1v) is 8.21. The number of carbonyl (C=O) groups excluding carboxylic acids is 1. The summed E-state index contributed by atoms with van der Waals surface area (Å²) in [6, 6.07) is 13.0. The normalized spacial score (nSPS) is 12.3. The number of nitrogens with two attached hydrogens (primary N) is 1. The van der Waals surface area contributed by atoms with Crippen LogP contribution in [0.5, 0.6) is 5.75 Å². The number of carbonyl (C=O) groups is 2. The van der Waals surface area contributed by atoms with Crippen molar-refractivity contribution < 1.29 is 24.2 Å². The van der Waals surface area contributed by atoms with E-state index in [-0.39, 0.29) is 12.2 Å². The van der Waals surface area contributed by atoms with Gasteiger partial charge in [-0.3, -0.25) is 4.79 Å². The third-order valence-electron chi connectivity index (χ3n) is 3.45. The lowest BCUT2D eigenvalue weighted by molar-refractivity contribution is -0.157. The average molecular weight is 357 g/mol. The third-order valence-corrected chi connectivity index (χ3v) is 3.45. The molecule has 3 N–H and O–H groups in total. The van der Waals surface area contributed by atoms with Gasteiger partial charge < -0.3 is 20.3 Å². The third kappa shape index (κ3) is 5.32. The summed E-state index contributed by atoms with van der Waals surface area (Å²) in [6.07, 6.45) is 0. The molecular formula is C20H23NO5. The molecule has 0 aromatic heterocycles. The zero-order valence-corrected chi connectivity index (χ0v) is 15.1. The van der Waals surface area contributed by atoms with Crippen molar-refractivity contribution in [1.82, 2.24) is 0 Å². The summed E-state index contributed by atoms with van der Waals surface area (Å²) in [5, 5.41) is 9.49. The highest BCUT2D eigenvalue weighted by molar-refractivity contribution is 5.96. The summed E-state index contributed by atoms with van der Waals surface area (Å²) in [4.78, 5) is 23.5. The molecule has 1 atom stereocenters. The quantitative estimate of drug-likeness (QED) is 0.771. The Morgan fingerprint density at radius 3 is 2.35 bits per heavy atom. The Morgan fingerprint density at radius 1 is 1.12 bits per heavy atom. The second-order valence-corrected chi connectivity index (χ2v) is 6.83. The van der Waals surface area contributed by atoms with E-state index >= 15 is 0 Å². The van der Waals surface area contributed by atoms with Crippen molar-refractivity contribution in [3.63, 3.8) is 0 Å². The average Bonchev–Trinajstić information content (AvgIpc) is 2.58. The van der Waals surface area contributed by atoms with E-state index in [0.29, 0.717) is 11.3 Å². The van der Waals surface area contributed by atoms with E-state index in [1.165, 1.54) is 6.07 Å². The molecule has 0 amide bonds. The molecule has 0 fully saturated rings. The highest BCUT2D eigenvalue weighted by Crippen LogP contribution is 2.27. The van der Waals surface area contributed by atoms with Crippen LogP contribution in [-0.2, 0) is 9.53 Å². The summed E-state index contributed by atoms with van der Waals surface area (Å²) in [5.74, 6) is -1.32. The number of aromatic carboxylic acids is 1. The molecule has 2 aromatic rings. The first kappa shape index (κ1) is 19.5. The van der Waals surface area contributed by atoms with E-state index < -0.39 is 23.6 Å². The second kappa shape index (κ2) is 8.01. The topological polar surface area (TPSA) is 98.9 Å². The largest absolute Gasteiger partial charge is 0.491 e. The standard InChI is InChI=1S/C20H23NO5/c1-20(2,3)26-19(24)17(21)12-25-14-9-10-15(16(11-14)18(22)23)13-7-5-4-6-8-13/h4-11,17H,12,21H2,1-3H3,(H,22,23). The highest BCUT2D eigenvalue weighted by atomic mass is 16.6. The molecule has 6 heteroatoms. The van der Waals surface area contributed by atoms with Crippen LogP contribution in [0.15, 0.2) is 48.5 Å². The molecule has 0 saturated carbocycles. The van der Waals surface area contributed by atoms with Crippen molar-refractivity contribution in [2.75, 3.05) is 6.61 Å². The van der Waals surface area contributed by atoms with Crippen molar-refractivity contribution in [3.05, 3.63) is 54.1 Å². The summed E-state index contributed by atoms with van der Waals surface area (Å²) in [5.41, 5.74) is 6.63. The number of hydrogen-bond acceptors (Lipinski definition) is 5. The van der Waals surface area contributed by atoms with Gasteiger partial charge >= 0.3 is 11.9 Å². The van der Waals surface area contributed by atoms with Crippen molar-refractivity contribution in [2.24, 2.45) is 5.73 Å². The fourth-order valence-corrected chi connectivity index (χ4v) is 2.29. The summed E-state index contributed by atoms with van der Waals surface area (Å²) in [6.45, 7) is 5.14. The minimum absolute atomic E-state index is 0.111. The Balaban J connectivity index is 2.13. The first-order valence-electron chi connectivity index (χ1n) is 8.21. The van der Waals surface area contributed by atoms with Gasteiger partial charge in [0.2, 0.25) is 0 Å². The molecular weight excluding hydrogens is 334 g/mol. The van der Waals surface area contributed by atoms with Gasteiger partial charge in [0.15, 0.2) is 0 Å². The van der Waals surface area contributed by atoms with E-state index in [2.05, 4.69) is 0 Å². The zero-order valence-electron chi connectivity index (χ0n) is 15.1. The van der Waals surface area contributed by atoms with Crippen LogP contribution >= 0.6 is 0 Å². The Labute approximate surface area is 152 Å². The molecule has 2 aromatic carbocycles. The zero-order chi connectivity index (χ0) is 19.3. The van der Waals surface area contributed by atoms with Gasteiger partial charge in [-0.1, -0.05) is 30.3 Å². The Kier molecular flexibility index (Phi) is 6.00. The van der Waals surface area contributed by atoms with Gasteiger partial charge in [0.05, 0.1) is 5.56 Å². The molecule has 0 aliphatic rings. The van der Waals surface area contributed by atoms with Crippen LogP contribution in [0.1, 0.15) is 31.1 Å². The molecule has 6 nitrogen and oxygen atoms in total. The van der Waals surface area contributed by atoms with E-state index in [0.717, 1.165) is 5.56 Å². The number of rotatable bonds is 6. The van der Waals surface area contributed by atoms with Gasteiger partial charge in [0, 0.05) is 0 Å². The minimum atomic E-state index is -1.06. The summed E-state index contributed by atoms with van der Waals surface area (Å²) in [7, 11) is 0. The number of hydrogen-bond donors (Lipinski definition) is 2. The lowest BCUT2D eigenvalue weighted by atomic mass is 9.99. The minimum Gasteiger partial charge on any atom is -0.491 e. The molecule has 1 unspecified atom stereocenters. The Bertz CT molecular complexity index is 781. The van der Waals surface area contributed by atoms with Gasteiger partial charge in [-0.05, 0) is 50.1 Å². The number of benzene rings is 2. The van der Waals surface area contributed by atoms with E-state index in [4.69, 9.17) is 15.2 Å². The highest BCUT2D eigenvalue weighted by Gasteiger charge is 2.23. The second-order valence-electron chi connectivity index (χ2n) is 6.83. The molecule has 0 heterocycles. The summed E-state index contributed by atoms with van der Waals surface area (Å²) >= 11 is 0. The van der Waals surface area contributed by atoms with E-state index in [1.807, 2.05) is 30.3 Å². The molecule has 0 radical (unpaired) electrons. The maximum Gasteiger partial charge on any atom is 0.336 e. The van der Waals surface area contributed by atoms with Crippen LogP contribution in [-0.4, -0.2) is 35.3 Å². The van der Waals surface area contributed by atoms with Gasteiger partial charge in [-0.15, -0.1) is 0 Å². The number of ether oxygens (including phenoxy) is 2. The Morgan fingerprint density at radius 2 is 1.77 bits per heavy atom. The van der Waals surface area contributed by atoms with E-state index in [1.54, 1.807) is 32.9 Å². The Hall–Kier alpha value is -2.86. The van der Waals surface area contributed by atoms with Crippen molar-refractivity contribution in [3.8, 4) is 16.9 Å². The van der Waals surface area contributed by atoms with Crippen LogP contribution in [0.3, 0.4) is 0 Å². The van der Waals surface area contributed by atoms with Crippen molar-refractivity contribution in [1.29, 1.82) is 0 Å². The van der Waals surface area contributed by atoms with Crippen LogP contribution in [0.2, 0.25) is 0 Å². The predicted molar refractivity (Wildman–Crippen MR) is 98.2 cm³/mol. The van der Waals surface area contributed by atoms with Crippen LogP contribution in [0.25, 0.3) is 11.1 Å². The van der Waals surface area contributed by atoms with Gasteiger partial charge in [-0.2, -0.15) is 0 Å². The number of carboxylic acid groups (broad SMARTS) is 1. The molecule has 2 rings (SSSR count). The van der Waals surface area contributed by atoms with Crippen LogP contribution < -0.4 is 10.5 Å². The van der Waals surface area contributed by atoms with E-state index in [9.17, 15) is 14.7 Å². The van der Waals surface area contributed by atoms with Crippen molar-refractivity contribution in [2.45, 2.75) is 32.4 Å². The molecule has 138 valence electrons. The lowest BCUT2D eigenvalue weighted by Crippen LogP contribution is -2.41. The number of carboxylic acids is 1. The first-order chi connectivity index (χ1) is 12.2. The predicted octanol–water partition coefficient (Wildman–Crippen LogP) is 3.10. The van der Waals surface area contributed by atoms with Gasteiger partial charge in [-0.25, -0.2) is 4.79 Å². The van der Waals surface area contributed by atoms with Gasteiger partial charge in [0.1, 0.15) is 24.0 Å². The molecule has 26 heavy (non-hydrogen) atoms. The molecule has 0 aliphatic heterocycles. The lowest BCUT2D eigenvalue weighted by Gasteiger charge is -2.22. The molecule has 0 aliphatic carbocycles. The maximum absolute atomic E-state index is 11.9. The van der Waals surface area contributed by atoms with Crippen LogP contribution in [0, 0.1) is 0 Å². The summed E-state index contributed by atoms with van der Waals surface area (Å²) < 4.78 is 10.7. The van der Waals surface area contributed by atoms with Crippen LogP contribution in [0.4, 0.5) is 0 Å². The SMILES string of the molecule is CC(C)(C)OC(=O)C(N)COc1ccc(-c2ccccc2)c(C(=O)O)c1.